The Bertz CT molecular complexity index is 1290. The number of methoxy groups -OCH3 is 3. The van der Waals surface area contributed by atoms with Crippen LogP contribution in [0.15, 0.2) is 72.8 Å². The zero-order valence-corrected chi connectivity index (χ0v) is 19.3. The molecule has 0 spiro atoms. The maximum absolute atomic E-state index is 12.4. The Hall–Kier alpha value is -4.26. The molecule has 174 valence electrons. The minimum absolute atomic E-state index is 0.163. The third kappa shape index (κ3) is 5.20. The normalized spacial score (nSPS) is 10.6. The minimum atomic E-state index is -0.261. The van der Waals surface area contributed by atoms with E-state index in [2.05, 4.69) is 10.3 Å². The van der Waals surface area contributed by atoms with Gasteiger partial charge >= 0.3 is 0 Å². The van der Waals surface area contributed by atoms with E-state index >= 15 is 0 Å². The van der Waals surface area contributed by atoms with E-state index in [0.717, 1.165) is 27.6 Å². The summed E-state index contributed by atoms with van der Waals surface area (Å²) in [4.78, 5) is 17.0. The molecular formula is C27H26N2O5. The SMILES string of the molecule is COc1ccc2c(-c3ccccc3)cc(OCC(=O)NCc3ccc(OC)c(OC)c3)nc2c1. The van der Waals surface area contributed by atoms with E-state index in [0.29, 0.717) is 29.7 Å². The second-order valence-corrected chi connectivity index (χ2v) is 7.51. The highest BCUT2D eigenvalue weighted by Crippen LogP contribution is 2.33. The number of hydrogen-bond donors (Lipinski definition) is 1. The van der Waals surface area contributed by atoms with Crippen LogP contribution in [-0.2, 0) is 11.3 Å². The number of pyridine rings is 1. The first-order chi connectivity index (χ1) is 16.6. The minimum Gasteiger partial charge on any atom is -0.497 e. The Balaban J connectivity index is 1.49. The average Bonchev–Trinajstić information content (AvgIpc) is 2.90. The van der Waals surface area contributed by atoms with Crippen molar-refractivity contribution in [1.82, 2.24) is 10.3 Å². The second kappa shape index (κ2) is 10.6. The van der Waals surface area contributed by atoms with Gasteiger partial charge in [-0.1, -0.05) is 36.4 Å². The number of rotatable bonds is 9. The zero-order chi connectivity index (χ0) is 23.9. The lowest BCUT2D eigenvalue weighted by Crippen LogP contribution is -2.28. The number of amides is 1. The number of fused-ring (bicyclic) bond motifs is 1. The Kier molecular flexibility index (Phi) is 7.13. The maximum Gasteiger partial charge on any atom is 0.258 e. The van der Waals surface area contributed by atoms with E-state index in [-0.39, 0.29) is 12.5 Å². The fourth-order valence-electron chi connectivity index (χ4n) is 3.62. The molecule has 1 heterocycles. The highest BCUT2D eigenvalue weighted by atomic mass is 16.5. The van der Waals surface area contributed by atoms with Crippen LogP contribution in [0.3, 0.4) is 0 Å². The average molecular weight is 459 g/mol. The number of ether oxygens (including phenoxy) is 4. The molecule has 1 N–H and O–H groups in total. The van der Waals surface area contributed by atoms with E-state index in [1.165, 1.54) is 0 Å². The number of hydrogen-bond acceptors (Lipinski definition) is 6. The Morgan fingerprint density at radius 1 is 0.853 bits per heavy atom. The van der Waals surface area contributed by atoms with Gasteiger partial charge in [0.2, 0.25) is 5.88 Å². The topological polar surface area (TPSA) is 78.9 Å². The first kappa shape index (κ1) is 22.9. The predicted molar refractivity (Wildman–Crippen MR) is 131 cm³/mol. The maximum atomic E-state index is 12.4. The van der Waals surface area contributed by atoms with E-state index in [9.17, 15) is 4.79 Å². The summed E-state index contributed by atoms with van der Waals surface area (Å²) in [6, 6.07) is 23.1. The fourth-order valence-corrected chi connectivity index (χ4v) is 3.62. The summed E-state index contributed by atoms with van der Waals surface area (Å²) in [5.74, 6) is 2.04. The molecule has 1 amide bonds. The number of nitrogens with one attached hydrogen (secondary N) is 1. The van der Waals surface area contributed by atoms with Crippen LogP contribution in [-0.4, -0.2) is 38.8 Å². The standard InChI is InChI=1S/C27H26N2O5/c1-31-20-10-11-21-22(19-7-5-4-6-8-19)15-27(29-23(21)14-20)34-17-26(30)28-16-18-9-12-24(32-2)25(13-18)33-3/h4-15H,16-17H2,1-3H3,(H,28,30). The lowest BCUT2D eigenvalue weighted by Gasteiger charge is -2.13. The Morgan fingerprint density at radius 3 is 2.38 bits per heavy atom. The van der Waals surface area contributed by atoms with Crippen molar-refractivity contribution in [1.29, 1.82) is 0 Å². The van der Waals surface area contributed by atoms with Gasteiger partial charge in [-0.25, -0.2) is 4.98 Å². The lowest BCUT2D eigenvalue weighted by molar-refractivity contribution is -0.123. The summed E-state index contributed by atoms with van der Waals surface area (Å²) < 4.78 is 21.7. The molecule has 4 rings (SSSR count). The highest BCUT2D eigenvalue weighted by Gasteiger charge is 2.12. The molecule has 0 aliphatic rings. The van der Waals surface area contributed by atoms with Crippen LogP contribution in [0, 0.1) is 0 Å². The molecule has 0 radical (unpaired) electrons. The molecule has 3 aromatic carbocycles. The Morgan fingerprint density at radius 2 is 1.65 bits per heavy atom. The van der Waals surface area contributed by atoms with Gasteiger partial charge in [0.05, 0.1) is 26.8 Å². The molecule has 7 heteroatoms. The van der Waals surface area contributed by atoms with Crippen LogP contribution < -0.4 is 24.3 Å². The van der Waals surface area contributed by atoms with E-state index in [1.807, 2.05) is 66.7 Å². The summed E-state index contributed by atoms with van der Waals surface area (Å²) in [6.07, 6.45) is 0. The number of carbonyl (C=O) groups is 1. The first-order valence-corrected chi connectivity index (χ1v) is 10.8. The predicted octanol–water partition coefficient (Wildman–Crippen LogP) is 4.62. The van der Waals surface area contributed by atoms with Crippen molar-refractivity contribution in [2.45, 2.75) is 6.54 Å². The Labute approximate surface area is 198 Å². The van der Waals surface area contributed by atoms with Gasteiger partial charge in [-0.15, -0.1) is 0 Å². The molecule has 0 aliphatic carbocycles. The summed E-state index contributed by atoms with van der Waals surface area (Å²) >= 11 is 0. The van der Waals surface area contributed by atoms with Crippen LogP contribution in [0.2, 0.25) is 0 Å². The van der Waals surface area contributed by atoms with Crippen molar-refractivity contribution in [3.8, 4) is 34.3 Å². The van der Waals surface area contributed by atoms with Crippen molar-refractivity contribution < 1.29 is 23.7 Å². The lowest BCUT2D eigenvalue weighted by atomic mass is 10.0. The molecule has 7 nitrogen and oxygen atoms in total. The summed E-state index contributed by atoms with van der Waals surface area (Å²) in [5, 5.41) is 3.82. The van der Waals surface area contributed by atoms with E-state index in [1.54, 1.807) is 27.4 Å². The smallest absolute Gasteiger partial charge is 0.258 e. The van der Waals surface area contributed by atoms with Crippen molar-refractivity contribution in [3.05, 3.63) is 78.4 Å². The third-order valence-corrected chi connectivity index (χ3v) is 5.37. The number of carbonyl (C=O) groups excluding carboxylic acids is 1. The summed E-state index contributed by atoms with van der Waals surface area (Å²) in [6.45, 7) is 0.171. The van der Waals surface area contributed by atoms with Crippen molar-refractivity contribution in [2.75, 3.05) is 27.9 Å². The van der Waals surface area contributed by atoms with Crippen LogP contribution in [0.1, 0.15) is 5.56 Å². The van der Waals surface area contributed by atoms with Crippen LogP contribution >= 0.6 is 0 Å². The van der Waals surface area contributed by atoms with Gasteiger partial charge in [0.15, 0.2) is 18.1 Å². The van der Waals surface area contributed by atoms with Gasteiger partial charge in [-0.05, 0) is 41.0 Å². The number of aromatic nitrogens is 1. The quantitative estimate of drug-likeness (QED) is 0.394. The van der Waals surface area contributed by atoms with Gasteiger partial charge in [0.25, 0.3) is 5.91 Å². The molecular weight excluding hydrogens is 432 g/mol. The van der Waals surface area contributed by atoms with Gasteiger partial charge in [-0.2, -0.15) is 0 Å². The first-order valence-electron chi connectivity index (χ1n) is 10.8. The molecule has 0 atom stereocenters. The molecule has 4 aromatic rings. The number of benzene rings is 3. The van der Waals surface area contributed by atoms with Crippen molar-refractivity contribution >= 4 is 16.8 Å². The second-order valence-electron chi connectivity index (χ2n) is 7.51. The zero-order valence-electron chi connectivity index (χ0n) is 19.3. The fraction of sp³-hybridized carbons (Fsp3) is 0.185. The number of nitrogens with zero attached hydrogens (tertiary/aromatic N) is 1. The van der Waals surface area contributed by atoms with Crippen LogP contribution in [0.4, 0.5) is 0 Å². The highest BCUT2D eigenvalue weighted by molar-refractivity contribution is 5.95. The molecule has 34 heavy (non-hydrogen) atoms. The molecule has 0 saturated carbocycles. The molecule has 0 unspecified atom stereocenters. The van der Waals surface area contributed by atoms with Crippen LogP contribution in [0.5, 0.6) is 23.1 Å². The van der Waals surface area contributed by atoms with Crippen LogP contribution in [0.25, 0.3) is 22.0 Å². The monoisotopic (exact) mass is 458 g/mol. The van der Waals surface area contributed by atoms with E-state index < -0.39 is 0 Å². The molecule has 0 fully saturated rings. The molecule has 0 bridgehead atoms. The van der Waals surface area contributed by atoms with Gasteiger partial charge in [-0.3, -0.25) is 4.79 Å². The van der Waals surface area contributed by atoms with Gasteiger partial charge in [0, 0.05) is 24.1 Å². The summed E-state index contributed by atoms with van der Waals surface area (Å²) in [7, 11) is 4.77. The molecule has 1 aromatic heterocycles. The van der Waals surface area contributed by atoms with Crippen molar-refractivity contribution in [3.63, 3.8) is 0 Å². The van der Waals surface area contributed by atoms with Gasteiger partial charge in [0.1, 0.15) is 5.75 Å². The molecule has 0 saturated heterocycles. The molecule has 0 aliphatic heterocycles. The van der Waals surface area contributed by atoms with E-state index in [4.69, 9.17) is 18.9 Å². The van der Waals surface area contributed by atoms with Crippen molar-refractivity contribution in [2.24, 2.45) is 0 Å². The summed E-state index contributed by atoms with van der Waals surface area (Å²) in [5.41, 5.74) is 3.60. The third-order valence-electron chi connectivity index (χ3n) is 5.37. The largest absolute Gasteiger partial charge is 0.497 e. The van der Waals surface area contributed by atoms with Gasteiger partial charge < -0.3 is 24.3 Å².